The molecule has 5 rings (SSSR count). The lowest BCUT2D eigenvalue weighted by molar-refractivity contribution is -0.139. The highest BCUT2D eigenvalue weighted by molar-refractivity contribution is 8.02. The number of carbonyl (C=O) groups excluding carboxylic acids is 3. The molecule has 196 valence electrons. The van der Waals surface area contributed by atoms with Crippen LogP contribution in [0.15, 0.2) is 60.7 Å². The topological polar surface area (TPSA) is 98.7 Å². The lowest BCUT2D eigenvalue weighted by Gasteiger charge is -2.38. The highest BCUT2D eigenvalue weighted by atomic mass is 32.2. The summed E-state index contributed by atoms with van der Waals surface area (Å²) in [6.45, 7) is 3.08. The first kappa shape index (κ1) is 25.8. The van der Waals surface area contributed by atoms with Crippen molar-refractivity contribution in [1.82, 2.24) is 10.2 Å². The van der Waals surface area contributed by atoms with E-state index in [9.17, 15) is 19.5 Å². The summed E-state index contributed by atoms with van der Waals surface area (Å²) >= 11 is 1.69. The van der Waals surface area contributed by atoms with Crippen LogP contribution in [0.1, 0.15) is 38.2 Å². The van der Waals surface area contributed by atoms with Crippen LogP contribution < -0.4 is 10.6 Å². The van der Waals surface area contributed by atoms with Gasteiger partial charge in [0.25, 0.3) is 0 Å². The van der Waals surface area contributed by atoms with Gasteiger partial charge in [-0.05, 0) is 49.3 Å². The van der Waals surface area contributed by atoms with Crippen molar-refractivity contribution >= 4 is 35.2 Å². The summed E-state index contributed by atoms with van der Waals surface area (Å²) in [5.41, 5.74) is 1.71. The van der Waals surface area contributed by atoms with Crippen molar-refractivity contribution in [3.05, 3.63) is 66.2 Å². The number of amides is 3. The fourth-order valence-electron chi connectivity index (χ4n) is 6.56. The quantitative estimate of drug-likeness (QED) is 0.416. The van der Waals surface area contributed by atoms with Crippen molar-refractivity contribution in [2.45, 2.75) is 55.2 Å². The van der Waals surface area contributed by atoms with Gasteiger partial charge in [-0.25, -0.2) is 0 Å². The van der Waals surface area contributed by atoms with E-state index in [1.807, 2.05) is 60.7 Å². The average molecular weight is 522 g/mol. The molecule has 3 heterocycles. The van der Waals surface area contributed by atoms with Crippen LogP contribution in [0.25, 0.3) is 0 Å². The number of carbonyl (C=O) groups is 3. The number of aliphatic hydroxyl groups is 1. The number of anilines is 1. The number of thioether (sulfide) groups is 1. The van der Waals surface area contributed by atoms with Gasteiger partial charge in [-0.1, -0.05) is 55.5 Å². The molecule has 0 aromatic heterocycles. The number of hydrogen-bond donors (Lipinski definition) is 3. The maximum Gasteiger partial charge on any atom is 0.244 e. The van der Waals surface area contributed by atoms with E-state index in [-0.39, 0.29) is 35.5 Å². The zero-order valence-electron chi connectivity index (χ0n) is 21.1. The predicted molar refractivity (Wildman–Crippen MR) is 145 cm³/mol. The Bertz CT molecular complexity index is 1130. The van der Waals surface area contributed by atoms with E-state index in [2.05, 4.69) is 17.6 Å². The zero-order valence-corrected chi connectivity index (χ0v) is 22.0. The molecule has 3 unspecified atom stereocenters. The fourth-order valence-corrected chi connectivity index (χ4v) is 8.98. The second kappa shape index (κ2) is 10.9. The lowest BCUT2D eigenvalue weighted by atomic mass is 9.66. The van der Waals surface area contributed by atoms with Crippen molar-refractivity contribution in [1.29, 1.82) is 0 Å². The fraction of sp³-hybridized carbons (Fsp3) is 0.483. The van der Waals surface area contributed by atoms with E-state index in [1.54, 1.807) is 16.7 Å². The number of rotatable bonds is 10. The number of likely N-dealkylation sites (tertiary alicyclic amines) is 1. The second-order valence-electron chi connectivity index (χ2n) is 10.4. The van der Waals surface area contributed by atoms with E-state index in [1.165, 1.54) is 0 Å². The Labute approximate surface area is 222 Å². The summed E-state index contributed by atoms with van der Waals surface area (Å²) in [5.74, 6) is -1.24. The molecule has 37 heavy (non-hydrogen) atoms. The summed E-state index contributed by atoms with van der Waals surface area (Å²) in [7, 11) is 0. The first-order chi connectivity index (χ1) is 18.0. The Morgan fingerprint density at radius 3 is 2.43 bits per heavy atom. The molecule has 3 aliphatic heterocycles. The highest BCUT2D eigenvalue weighted by Crippen LogP contribution is 2.68. The van der Waals surface area contributed by atoms with E-state index < -0.39 is 22.6 Å². The maximum atomic E-state index is 14.0. The second-order valence-corrected chi connectivity index (χ2v) is 12.0. The Hall–Kier alpha value is -2.84. The number of unbranched alkanes of at least 4 members (excludes halogenated alkanes) is 2. The third-order valence-electron chi connectivity index (χ3n) is 8.20. The SMILES string of the molecule is CC1C[C@@H]2SC13C(C(=O)NCc1ccccc1)N(CCCCCO)C(=O)[C@@H]3[C@@H]2C(=O)Nc1ccccc1. The summed E-state index contributed by atoms with van der Waals surface area (Å²) in [6, 6.07) is 18.5. The first-order valence-corrected chi connectivity index (χ1v) is 14.1. The van der Waals surface area contributed by atoms with E-state index in [0.29, 0.717) is 31.6 Å². The third-order valence-corrected chi connectivity index (χ3v) is 10.3. The normalized spacial score (nSPS) is 29.8. The van der Waals surface area contributed by atoms with Crippen LogP contribution in [0, 0.1) is 17.8 Å². The molecule has 2 bridgehead atoms. The van der Waals surface area contributed by atoms with E-state index in [4.69, 9.17) is 0 Å². The van der Waals surface area contributed by atoms with Crippen LogP contribution in [-0.2, 0) is 20.9 Å². The van der Waals surface area contributed by atoms with Crippen molar-refractivity contribution in [2.75, 3.05) is 18.5 Å². The van der Waals surface area contributed by atoms with Gasteiger partial charge in [0.1, 0.15) is 6.04 Å². The minimum absolute atomic E-state index is 0.00799. The summed E-state index contributed by atoms with van der Waals surface area (Å²) in [6.07, 6.45) is 2.96. The number of fused-ring (bicyclic) bond motifs is 1. The van der Waals surface area contributed by atoms with Crippen LogP contribution in [0.4, 0.5) is 5.69 Å². The van der Waals surface area contributed by atoms with Gasteiger partial charge in [-0.2, -0.15) is 0 Å². The van der Waals surface area contributed by atoms with Gasteiger partial charge in [0.2, 0.25) is 17.7 Å². The van der Waals surface area contributed by atoms with Gasteiger partial charge < -0.3 is 20.6 Å². The largest absolute Gasteiger partial charge is 0.396 e. The summed E-state index contributed by atoms with van der Waals surface area (Å²) in [5, 5.41) is 15.3. The molecule has 6 atom stereocenters. The van der Waals surface area contributed by atoms with E-state index in [0.717, 1.165) is 18.4 Å². The standard InChI is InChI=1S/C29H35N3O4S/c1-19-17-22-23(26(34)31-21-13-7-3-8-14-21)24-28(36)32(15-9-4-10-16-33)25(29(19,24)37-22)27(35)30-18-20-11-5-2-6-12-20/h2-3,5-8,11-14,19,22-25,33H,4,9-10,15-18H2,1H3,(H,30,35)(H,31,34)/t19?,22-,23+,24-,25?,29?/m0/s1. The van der Waals surface area contributed by atoms with Gasteiger partial charge in [-0.15, -0.1) is 11.8 Å². The predicted octanol–water partition coefficient (Wildman–Crippen LogP) is 3.44. The van der Waals surface area contributed by atoms with Crippen LogP contribution in [0.2, 0.25) is 0 Å². The number of benzene rings is 2. The van der Waals surface area contributed by atoms with Crippen molar-refractivity contribution in [3.8, 4) is 0 Å². The molecule has 3 amide bonds. The Kier molecular flexibility index (Phi) is 7.58. The average Bonchev–Trinajstić information content (AvgIpc) is 3.50. The first-order valence-electron chi connectivity index (χ1n) is 13.2. The molecule has 0 radical (unpaired) electrons. The van der Waals surface area contributed by atoms with E-state index >= 15 is 0 Å². The van der Waals surface area contributed by atoms with Crippen molar-refractivity contribution in [2.24, 2.45) is 17.8 Å². The Balaban J connectivity index is 1.43. The highest BCUT2D eigenvalue weighted by Gasteiger charge is 2.75. The third kappa shape index (κ3) is 4.66. The molecule has 3 fully saturated rings. The number of para-hydroxylation sites is 1. The Morgan fingerprint density at radius 1 is 1.03 bits per heavy atom. The Morgan fingerprint density at radius 2 is 1.73 bits per heavy atom. The molecule has 1 spiro atoms. The monoisotopic (exact) mass is 521 g/mol. The molecule has 7 nitrogen and oxygen atoms in total. The van der Waals surface area contributed by atoms with Gasteiger partial charge in [0.05, 0.1) is 16.6 Å². The molecule has 8 heteroatoms. The number of hydrogen-bond acceptors (Lipinski definition) is 5. The number of aliphatic hydroxyl groups excluding tert-OH is 1. The van der Waals surface area contributed by atoms with Gasteiger partial charge in [-0.3, -0.25) is 14.4 Å². The zero-order chi connectivity index (χ0) is 26.0. The summed E-state index contributed by atoms with van der Waals surface area (Å²) < 4.78 is -0.627. The van der Waals surface area contributed by atoms with Gasteiger partial charge in [0.15, 0.2) is 0 Å². The molecule has 2 aromatic carbocycles. The molecular formula is C29H35N3O4S. The smallest absolute Gasteiger partial charge is 0.244 e. The molecular weight excluding hydrogens is 486 g/mol. The van der Waals surface area contributed by atoms with Crippen molar-refractivity contribution < 1.29 is 19.5 Å². The van der Waals surface area contributed by atoms with Crippen LogP contribution in [0.3, 0.4) is 0 Å². The minimum Gasteiger partial charge on any atom is -0.396 e. The van der Waals surface area contributed by atoms with Crippen molar-refractivity contribution in [3.63, 3.8) is 0 Å². The molecule has 0 saturated carbocycles. The summed E-state index contributed by atoms with van der Waals surface area (Å²) in [4.78, 5) is 43.2. The maximum absolute atomic E-state index is 14.0. The van der Waals surface area contributed by atoms with Crippen LogP contribution in [0.5, 0.6) is 0 Å². The molecule has 0 aliphatic carbocycles. The molecule has 2 aromatic rings. The van der Waals surface area contributed by atoms with Gasteiger partial charge >= 0.3 is 0 Å². The van der Waals surface area contributed by atoms with Crippen LogP contribution in [-0.4, -0.2) is 56.9 Å². The van der Waals surface area contributed by atoms with Gasteiger partial charge in [0, 0.05) is 30.6 Å². The molecule has 3 saturated heterocycles. The van der Waals surface area contributed by atoms with Crippen LogP contribution >= 0.6 is 11.8 Å². The molecule has 3 N–H and O–H groups in total. The number of nitrogens with zero attached hydrogens (tertiary/aromatic N) is 1. The molecule has 3 aliphatic rings. The lowest BCUT2D eigenvalue weighted by Crippen LogP contribution is -2.56. The number of nitrogens with one attached hydrogen (secondary N) is 2. The minimum atomic E-state index is -0.627.